The highest BCUT2D eigenvalue weighted by Crippen LogP contribution is 2.40. The van der Waals surface area contributed by atoms with E-state index in [2.05, 4.69) is 170 Å². The van der Waals surface area contributed by atoms with E-state index in [1.165, 1.54) is 85.0 Å². The van der Waals surface area contributed by atoms with Gasteiger partial charge < -0.3 is 54.2 Å². The number of rotatable bonds is 16. The lowest BCUT2D eigenvalue weighted by atomic mass is 10.0. The third-order valence-electron chi connectivity index (χ3n) is 19.3. The molecule has 103 heavy (non-hydrogen) atoms. The van der Waals surface area contributed by atoms with E-state index in [1.54, 1.807) is 45.5 Å². The van der Waals surface area contributed by atoms with Crippen LogP contribution in [0.4, 0.5) is 29.2 Å². The molecule has 10 aromatic rings. The van der Waals surface area contributed by atoms with Gasteiger partial charge in [0.2, 0.25) is 22.3 Å². The molecule has 0 bridgehead atoms. The van der Waals surface area contributed by atoms with Gasteiger partial charge in [0, 0.05) is 120 Å². The molecule has 6 aliphatic rings. The summed E-state index contributed by atoms with van der Waals surface area (Å²) in [4.78, 5) is 48.0. The van der Waals surface area contributed by atoms with Crippen LogP contribution in [0, 0.1) is 13.8 Å². The van der Waals surface area contributed by atoms with Crippen molar-refractivity contribution in [3.05, 3.63) is 218 Å². The van der Waals surface area contributed by atoms with Crippen molar-refractivity contribution in [2.75, 3.05) is 108 Å². The Labute approximate surface area is 619 Å². The Morgan fingerprint density at radius 1 is 0.476 bits per heavy atom. The molecule has 0 spiro atoms. The van der Waals surface area contributed by atoms with Crippen LogP contribution in [0.25, 0.3) is 11.4 Å². The van der Waals surface area contributed by atoms with Crippen LogP contribution in [0.3, 0.4) is 0 Å². The number of halogens is 3. The van der Waals surface area contributed by atoms with Gasteiger partial charge in [-0.05, 0) is 142 Å². The Hall–Kier alpha value is -9.13. The second-order valence-electron chi connectivity index (χ2n) is 26.4. The van der Waals surface area contributed by atoms with Gasteiger partial charge in [0.1, 0.15) is 41.0 Å². The van der Waals surface area contributed by atoms with E-state index in [0.717, 1.165) is 161 Å². The summed E-state index contributed by atoms with van der Waals surface area (Å²) in [7, 11) is 6.42. The van der Waals surface area contributed by atoms with Crippen LogP contribution in [-0.2, 0) is 58.5 Å². The predicted octanol–water partition coefficient (Wildman–Crippen LogP) is 13.7. The highest BCUT2D eigenvalue weighted by atomic mass is 35.5. The van der Waals surface area contributed by atoms with E-state index in [0.29, 0.717) is 45.3 Å². The first kappa shape index (κ1) is 73.6. The first-order valence-electron chi connectivity index (χ1n) is 35.5. The van der Waals surface area contributed by atoms with Crippen molar-refractivity contribution >= 4 is 64.0 Å². The Balaban J connectivity index is 0.000000133. The zero-order valence-corrected chi connectivity index (χ0v) is 62.1. The van der Waals surface area contributed by atoms with Crippen molar-refractivity contribution in [3.63, 3.8) is 0 Å². The minimum Gasteiger partial charge on any atom is -0.496 e. The van der Waals surface area contributed by atoms with Crippen molar-refractivity contribution in [3.8, 4) is 34.4 Å². The van der Waals surface area contributed by atoms with Crippen molar-refractivity contribution in [1.29, 1.82) is 0 Å². The number of aryl methyl sites for hydroxylation is 1. The Bertz CT molecular complexity index is 4370. The SMILES string of the molecule is C1CCNC1.COc1cc(-n2cnc(N)c2)cc(OC)c1OC.COc1cc(-n2cnc(Nc3nc4c(c(N5CCCC5)n3)CCN(Cc3ccccc3)C4)c2)cc(C)c1C.Clc1nc(Cl)c2c(n1)CN(Cc1ccccc1)CC2.Clc1nc2c(c(N3CCCC3)n1)CCN(Cc1ccccc1)C2. The number of hydrogen-bond donors (Lipinski definition) is 3. The molecular weight excluding hydrogens is 1360 g/mol. The van der Waals surface area contributed by atoms with Crippen LogP contribution in [0.5, 0.6) is 23.0 Å². The van der Waals surface area contributed by atoms with Crippen LogP contribution in [0.15, 0.2) is 140 Å². The van der Waals surface area contributed by atoms with Gasteiger partial charge in [0.15, 0.2) is 17.3 Å². The number of imidazole rings is 2. The number of nitrogens with one attached hydrogen (secondary N) is 2. The number of hydrogen-bond acceptors (Lipinski definition) is 20. The average Bonchev–Trinajstić information content (AvgIpc) is 1.13. The quantitative estimate of drug-likeness (QED) is 0.0605. The fraction of sp³-hybridized carbons (Fsp3) is 0.385. The topological polar surface area (TPSA) is 216 Å². The summed E-state index contributed by atoms with van der Waals surface area (Å²) in [6.45, 7) is 19.2. The van der Waals surface area contributed by atoms with Gasteiger partial charge in [-0.2, -0.15) is 4.98 Å². The largest absolute Gasteiger partial charge is 0.496 e. The molecule has 0 saturated carbocycles. The van der Waals surface area contributed by atoms with Gasteiger partial charge in [-0.3, -0.25) is 14.7 Å². The molecule has 0 radical (unpaired) electrons. The number of nitrogens with two attached hydrogens (primary N) is 1. The van der Waals surface area contributed by atoms with Gasteiger partial charge in [-0.25, -0.2) is 34.9 Å². The fourth-order valence-corrected chi connectivity index (χ4v) is 14.5. The summed E-state index contributed by atoms with van der Waals surface area (Å²) in [6, 6.07) is 39.5. The second kappa shape index (κ2) is 35.8. The Morgan fingerprint density at radius 3 is 1.40 bits per heavy atom. The number of benzene rings is 5. The van der Waals surface area contributed by atoms with Crippen molar-refractivity contribution in [1.82, 2.24) is 69.0 Å². The molecule has 0 atom stereocenters. The number of methoxy groups -OCH3 is 4. The second-order valence-corrected chi connectivity index (χ2v) is 27.4. The number of ether oxygens (including phenoxy) is 4. The molecule has 0 aliphatic carbocycles. The van der Waals surface area contributed by atoms with Gasteiger partial charge >= 0.3 is 0 Å². The number of aromatic nitrogens is 10. The molecular formula is C78H93Cl3N18O4. The van der Waals surface area contributed by atoms with Crippen molar-refractivity contribution in [2.45, 2.75) is 111 Å². The van der Waals surface area contributed by atoms with E-state index >= 15 is 0 Å². The Morgan fingerprint density at radius 2 is 0.922 bits per heavy atom. The Kier molecular flexibility index (Phi) is 25.6. The van der Waals surface area contributed by atoms with Crippen LogP contribution in [-0.4, -0.2) is 151 Å². The molecule has 0 unspecified atom stereocenters. The summed E-state index contributed by atoms with van der Waals surface area (Å²) in [5, 5.41) is 7.72. The minimum atomic E-state index is 0.227. The number of fused-ring (bicyclic) bond motifs is 3. The van der Waals surface area contributed by atoms with Gasteiger partial charge in [0.25, 0.3) is 0 Å². The zero-order valence-electron chi connectivity index (χ0n) is 59.8. The standard InChI is InChI=1S/C30H35N7O.C18H21ClN4.C14H13Cl2N3.C12H15N3O3.C4H9N/c1-21-15-24(16-27(38-3)22(21)2)37-19-28(31-20-37)33-30-32-26-18-35(17-23-9-5-4-6-10-23)14-11-25(26)29(34-30)36-12-7-8-13-36;19-18-20-16-13-22(12-14-6-2-1-3-7-14)11-8-15(16)17(21-18)23-9-4-5-10-23;15-13-11-6-7-19(8-10-4-2-1-3-5-10)9-12(11)17-14(16)18-13;1-16-9-4-8(15-6-11(13)14-7-15)5-10(17-2)12(9)18-3;1-2-4-5-3-1/h4-6,9-10,15-16,19-20H,7-8,11-14,17-18H2,1-3H3,(H,32,33,34);1-3,6-7H,4-5,8-13H2;1-5H,6-9H2;4-7H,13H2,1-3H3;5H,1-4H2. The van der Waals surface area contributed by atoms with E-state index in [4.69, 9.17) is 69.5 Å². The summed E-state index contributed by atoms with van der Waals surface area (Å²) in [5.41, 5.74) is 20.5. The highest BCUT2D eigenvalue weighted by Gasteiger charge is 2.29. The van der Waals surface area contributed by atoms with Gasteiger partial charge in [-0.15, -0.1) is 0 Å². The summed E-state index contributed by atoms with van der Waals surface area (Å²) < 4.78 is 25.2. The molecule has 3 fully saturated rings. The average molecular weight is 1450 g/mol. The highest BCUT2D eigenvalue weighted by molar-refractivity contribution is 6.32. The van der Waals surface area contributed by atoms with E-state index in [1.807, 2.05) is 41.4 Å². The number of nitrogens with zero attached hydrogens (tertiary/aromatic N) is 15. The minimum absolute atomic E-state index is 0.227. The number of anilines is 5. The molecule has 22 nitrogen and oxygen atoms in total. The lowest BCUT2D eigenvalue weighted by Gasteiger charge is -2.31. The van der Waals surface area contributed by atoms with Crippen LogP contribution >= 0.6 is 34.8 Å². The van der Waals surface area contributed by atoms with Crippen LogP contribution in [0.1, 0.15) is 100 Å². The molecule has 3 saturated heterocycles. The maximum atomic E-state index is 6.20. The zero-order chi connectivity index (χ0) is 71.6. The smallest absolute Gasteiger partial charge is 0.230 e. The van der Waals surface area contributed by atoms with E-state index in [-0.39, 0.29) is 5.28 Å². The molecule has 5 aromatic heterocycles. The molecule has 4 N–H and O–H groups in total. The molecule has 540 valence electrons. The van der Waals surface area contributed by atoms with Crippen molar-refractivity contribution < 1.29 is 18.9 Å². The summed E-state index contributed by atoms with van der Waals surface area (Å²) >= 11 is 18.2. The predicted molar refractivity (Wildman–Crippen MR) is 409 cm³/mol. The maximum absolute atomic E-state index is 6.20. The molecule has 25 heteroatoms. The number of nitrogen functional groups attached to an aromatic ring is 1. The fourth-order valence-electron chi connectivity index (χ4n) is 13.8. The third-order valence-corrected chi connectivity index (χ3v) is 19.9. The van der Waals surface area contributed by atoms with Crippen molar-refractivity contribution in [2.24, 2.45) is 0 Å². The molecule has 0 amide bonds. The first-order chi connectivity index (χ1) is 50.3. The van der Waals surface area contributed by atoms with Gasteiger partial charge in [-0.1, -0.05) is 103 Å². The van der Waals surface area contributed by atoms with Crippen LogP contribution < -0.4 is 45.1 Å². The first-order valence-corrected chi connectivity index (χ1v) is 36.6. The summed E-state index contributed by atoms with van der Waals surface area (Å²) in [6.07, 6.45) is 17.7. The maximum Gasteiger partial charge on any atom is 0.230 e. The van der Waals surface area contributed by atoms with Crippen LogP contribution in [0.2, 0.25) is 15.7 Å². The molecule has 16 rings (SSSR count). The molecule has 11 heterocycles. The lowest BCUT2D eigenvalue weighted by molar-refractivity contribution is 0.241. The monoisotopic (exact) mass is 1450 g/mol. The molecule has 6 aliphatic heterocycles. The van der Waals surface area contributed by atoms with E-state index < -0.39 is 0 Å². The third kappa shape index (κ3) is 19.4. The normalized spacial score (nSPS) is 15.5. The lowest BCUT2D eigenvalue weighted by Crippen LogP contribution is -2.33. The molecule has 5 aromatic carbocycles. The van der Waals surface area contributed by atoms with E-state index in [9.17, 15) is 0 Å². The van der Waals surface area contributed by atoms with Gasteiger partial charge in [0.05, 0.1) is 69.3 Å². The summed E-state index contributed by atoms with van der Waals surface area (Å²) in [5.74, 6) is 6.53.